The van der Waals surface area contributed by atoms with Crippen molar-refractivity contribution in [3.8, 4) is 0 Å². The van der Waals surface area contributed by atoms with E-state index in [2.05, 4.69) is 23.5 Å². The lowest BCUT2D eigenvalue weighted by Gasteiger charge is -2.33. The zero-order valence-corrected chi connectivity index (χ0v) is 17.4. The highest BCUT2D eigenvalue weighted by Gasteiger charge is 2.29. The highest BCUT2D eigenvalue weighted by Crippen LogP contribution is 2.33. The average molecular weight is 410 g/mol. The van der Waals surface area contributed by atoms with Crippen molar-refractivity contribution < 1.29 is 9.72 Å². The van der Waals surface area contributed by atoms with Gasteiger partial charge in [0.1, 0.15) is 11.4 Å². The molecule has 0 bridgehead atoms. The summed E-state index contributed by atoms with van der Waals surface area (Å²) in [5.41, 5.74) is 3.83. The number of thiophene rings is 1. The quantitative estimate of drug-likeness (QED) is 0.475. The van der Waals surface area contributed by atoms with E-state index in [1.807, 2.05) is 29.2 Å². The first kappa shape index (κ1) is 19.3. The molecule has 1 aliphatic rings. The summed E-state index contributed by atoms with van der Waals surface area (Å²) in [5, 5.41) is 17.6. The smallest absolute Gasteiger partial charge is 0.312 e. The Bertz CT molecular complexity index is 1080. The van der Waals surface area contributed by atoms with E-state index in [1.54, 1.807) is 29.9 Å². The van der Waals surface area contributed by atoms with Crippen LogP contribution in [0, 0.1) is 24.0 Å². The number of fused-ring (bicyclic) bond motifs is 1. The number of nitrogens with zero attached hydrogens (tertiary/aromatic N) is 4. The van der Waals surface area contributed by atoms with E-state index in [4.69, 9.17) is 0 Å². The number of aromatic nitrogens is 2. The van der Waals surface area contributed by atoms with E-state index >= 15 is 0 Å². The molecule has 8 heteroatoms. The van der Waals surface area contributed by atoms with Crippen LogP contribution in [-0.4, -0.2) is 32.1 Å². The predicted molar refractivity (Wildman–Crippen MR) is 111 cm³/mol. The minimum atomic E-state index is -0.394. The molecule has 150 valence electrons. The average Bonchev–Trinajstić information content (AvgIpc) is 3.27. The van der Waals surface area contributed by atoms with Crippen molar-refractivity contribution >= 4 is 22.9 Å². The molecule has 1 aromatic carbocycles. The molecule has 0 fully saturated rings. The summed E-state index contributed by atoms with van der Waals surface area (Å²) in [4.78, 5) is 27.1. The Morgan fingerprint density at radius 2 is 2.00 bits per heavy atom. The summed E-state index contributed by atoms with van der Waals surface area (Å²) in [6, 6.07) is 9.62. The molecule has 0 spiro atoms. The van der Waals surface area contributed by atoms with Gasteiger partial charge < -0.3 is 4.90 Å². The maximum atomic E-state index is 13.0. The topological polar surface area (TPSA) is 81.3 Å². The highest BCUT2D eigenvalue weighted by molar-refractivity contribution is 7.10. The van der Waals surface area contributed by atoms with Gasteiger partial charge in [-0.25, -0.2) is 0 Å². The van der Waals surface area contributed by atoms with Gasteiger partial charge in [-0.05, 0) is 61.9 Å². The number of rotatable bonds is 4. The van der Waals surface area contributed by atoms with Gasteiger partial charge in [0.25, 0.3) is 5.91 Å². The highest BCUT2D eigenvalue weighted by atomic mass is 32.1. The van der Waals surface area contributed by atoms with Gasteiger partial charge >= 0.3 is 5.69 Å². The van der Waals surface area contributed by atoms with Crippen LogP contribution in [0.5, 0.6) is 0 Å². The summed E-state index contributed by atoms with van der Waals surface area (Å²) < 4.78 is 1.63. The standard InChI is InChI=1S/C21H22N4O3S/c1-13-20(25(27)28)15(3)24(22-13)12-16-4-6-17(7-5-16)21(26)23-10-8-19-18(14(23)2)9-11-29-19/h4-7,9,11,14H,8,10,12H2,1-3H3/t14-/m0/s1. The van der Waals surface area contributed by atoms with Crippen LogP contribution in [0.3, 0.4) is 0 Å². The summed E-state index contributed by atoms with van der Waals surface area (Å²) in [7, 11) is 0. The van der Waals surface area contributed by atoms with Crippen LogP contribution in [-0.2, 0) is 13.0 Å². The van der Waals surface area contributed by atoms with Crippen molar-refractivity contribution in [2.45, 2.75) is 39.8 Å². The Balaban J connectivity index is 1.51. The van der Waals surface area contributed by atoms with Gasteiger partial charge in [0.2, 0.25) is 0 Å². The molecule has 0 unspecified atom stereocenters. The van der Waals surface area contributed by atoms with Gasteiger partial charge in [-0.2, -0.15) is 5.10 Å². The molecule has 0 saturated carbocycles. The zero-order chi connectivity index (χ0) is 20.7. The van der Waals surface area contributed by atoms with Gasteiger partial charge in [0.15, 0.2) is 0 Å². The van der Waals surface area contributed by atoms with E-state index < -0.39 is 4.92 Å². The van der Waals surface area contributed by atoms with Gasteiger partial charge in [-0.1, -0.05) is 12.1 Å². The molecule has 1 amide bonds. The number of amides is 1. The largest absolute Gasteiger partial charge is 0.331 e. The lowest BCUT2D eigenvalue weighted by Crippen LogP contribution is -2.38. The molecule has 0 radical (unpaired) electrons. The summed E-state index contributed by atoms with van der Waals surface area (Å²) in [6.45, 7) is 6.57. The van der Waals surface area contributed by atoms with Crippen molar-refractivity contribution in [1.29, 1.82) is 0 Å². The molecule has 0 N–H and O–H groups in total. The van der Waals surface area contributed by atoms with Gasteiger partial charge in [-0.15, -0.1) is 11.3 Å². The Labute approximate surface area is 172 Å². The number of hydrogen-bond acceptors (Lipinski definition) is 5. The van der Waals surface area contributed by atoms with E-state index in [0.717, 1.165) is 18.5 Å². The number of benzene rings is 1. The normalized spacial score (nSPS) is 16.0. The van der Waals surface area contributed by atoms with Gasteiger partial charge in [0, 0.05) is 17.0 Å². The second kappa shape index (κ2) is 7.44. The van der Waals surface area contributed by atoms with E-state index in [-0.39, 0.29) is 17.6 Å². The van der Waals surface area contributed by atoms with Crippen molar-refractivity contribution in [3.63, 3.8) is 0 Å². The molecule has 0 saturated heterocycles. The molecule has 2 aromatic heterocycles. The van der Waals surface area contributed by atoms with Crippen LogP contribution >= 0.6 is 11.3 Å². The first-order chi connectivity index (χ1) is 13.9. The molecule has 7 nitrogen and oxygen atoms in total. The molecular formula is C21H22N4O3S. The molecule has 1 atom stereocenters. The maximum Gasteiger partial charge on any atom is 0.312 e. The lowest BCUT2D eigenvalue weighted by atomic mass is 10.00. The first-order valence-electron chi connectivity index (χ1n) is 9.51. The summed E-state index contributed by atoms with van der Waals surface area (Å²) >= 11 is 1.76. The first-order valence-corrected chi connectivity index (χ1v) is 10.4. The van der Waals surface area contributed by atoms with Crippen LogP contribution < -0.4 is 0 Å². The second-order valence-electron chi connectivity index (χ2n) is 7.35. The number of hydrogen-bond donors (Lipinski definition) is 0. The maximum absolute atomic E-state index is 13.0. The minimum Gasteiger partial charge on any atom is -0.331 e. The monoisotopic (exact) mass is 410 g/mol. The van der Waals surface area contributed by atoms with Crippen LogP contribution in [0.15, 0.2) is 35.7 Å². The molecule has 0 aliphatic carbocycles. The number of nitro groups is 1. The Hall–Kier alpha value is -3.00. The van der Waals surface area contributed by atoms with Gasteiger partial charge in [-0.3, -0.25) is 19.6 Å². The van der Waals surface area contributed by atoms with Crippen LogP contribution in [0.2, 0.25) is 0 Å². The fraction of sp³-hybridized carbons (Fsp3) is 0.333. The van der Waals surface area contributed by atoms with Crippen LogP contribution in [0.1, 0.15) is 50.7 Å². The molecule has 1 aliphatic heterocycles. The van der Waals surface area contributed by atoms with E-state index in [0.29, 0.717) is 23.5 Å². The van der Waals surface area contributed by atoms with E-state index in [9.17, 15) is 14.9 Å². The minimum absolute atomic E-state index is 0.0302. The van der Waals surface area contributed by atoms with Crippen molar-refractivity contribution in [2.24, 2.45) is 0 Å². The summed E-state index contributed by atoms with van der Waals surface area (Å²) in [5.74, 6) is 0.0302. The van der Waals surface area contributed by atoms with Crippen molar-refractivity contribution in [2.75, 3.05) is 6.54 Å². The van der Waals surface area contributed by atoms with Gasteiger partial charge in [0.05, 0.1) is 17.5 Å². The molecule has 3 heterocycles. The fourth-order valence-electron chi connectivity index (χ4n) is 3.98. The Morgan fingerprint density at radius 3 is 2.66 bits per heavy atom. The number of carbonyl (C=O) groups is 1. The third-order valence-electron chi connectivity index (χ3n) is 5.60. The van der Waals surface area contributed by atoms with Crippen LogP contribution in [0.25, 0.3) is 0 Å². The second-order valence-corrected chi connectivity index (χ2v) is 8.36. The molecule has 4 rings (SSSR count). The summed E-state index contributed by atoms with van der Waals surface area (Å²) in [6.07, 6.45) is 0.901. The van der Waals surface area contributed by atoms with Crippen molar-refractivity contribution in [1.82, 2.24) is 14.7 Å². The molecule has 29 heavy (non-hydrogen) atoms. The predicted octanol–water partition coefficient (Wildman–Crippen LogP) is 4.28. The lowest BCUT2D eigenvalue weighted by molar-refractivity contribution is -0.386. The Kier molecular flexibility index (Phi) is 4.96. The zero-order valence-electron chi connectivity index (χ0n) is 16.6. The third-order valence-corrected chi connectivity index (χ3v) is 6.59. The Morgan fingerprint density at radius 1 is 1.28 bits per heavy atom. The number of aryl methyl sites for hydroxylation is 1. The van der Waals surface area contributed by atoms with Crippen molar-refractivity contribution in [3.05, 3.63) is 78.8 Å². The van der Waals surface area contributed by atoms with E-state index in [1.165, 1.54) is 10.4 Å². The molecule has 3 aromatic rings. The fourth-order valence-corrected chi connectivity index (χ4v) is 4.95. The third kappa shape index (κ3) is 3.44. The molecular weight excluding hydrogens is 388 g/mol. The van der Waals surface area contributed by atoms with Crippen LogP contribution in [0.4, 0.5) is 5.69 Å². The number of carbonyl (C=O) groups excluding carboxylic acids is 1. The SMILES string of the molecule is Cc1nn(Cc2ccc(C(=O)N3CCc4sccc4[C@@H]3C)cc2)c(C)c1[N+](=O)[O-].